The van der Waals surface area contributed by atoms with Crippen molar-refractivity contribution in [2.45, 2.75) is 24.5 Å². The summed E-state index contributed by atoms with van der Waals surface area (Å²) in [5.41, 5.74) is 1.10. The van der Waals surface area contributed by atoms with E-state index in [2.05, 4.69) is 51.0 Å². The predicted molar refractivity (Wildman–Crippen MR) is 70.5 cm³/mol. The van der Waals surface area contributed by atoms with E-state index in [9.17, 15) is 0 Å². The Morgan fingerprint density at radius 3 is 3.13 bits per heavy atom. The van der Waals surface area contributed by atoms with Crippen molar-refractivity contribution in [2.75, 3.05) is 17.6 Å². The number of halogens is 1. The highest BCUT2D eigenvalue weighted by molar-refractivity contribution is 9.10. The number of hydrogen-bond donors (Lipinski definition) is 1. The van der Waals surface area contributed by atoms with Crippen molar-refractivity contribution >= 4 is 33.4 Å². The lowest BCUT2D eigenvalue weighted by Crippen LogP contribution is -2.27. The second-order valence-electron chi connectivity index (χ2n) is 4.15. The van der Waals surface area contributed by atoms with Crippen LogP contribution in [-0.4, -0.2) is 22.0 Å². The summed E-state index contributed by atoms with van der Waals surface area (Å²) in [6, 6.07) is 2.07. The molecule has 0 aliphatic carbocycles. The van der Waals surface area contributed by atoms with Crippen molar-refractivity contribution in [1.82, 2.24) is 4.98 Å². The standard InChI is InChI=1S/C11H15BrN2S/c1-11(3-2-4-15-11)8-14-10-5-9(12)6-13-7-10/h5-7,14H,2-4,8H2,1H3. The summed E-state index contributed by atoms with van der Waals surface area (Å²) in [6.07, 6.45) is 6.33. The van der Waals surface area contributed by atoms with E-state index in [1.54, 1.807) is 6.20 Å². The van der Waals surface area contributed by atoms with Crippen molar-refractivity contribution in [3.05, 3.63) is 22.9 Å². The summed E-state index contributed by atoms with van der Waals surface area (Å²) in [7, 11) is 0. The van der Waals surface area contributed by atoms with Crippen LogP contribution in [0.2, 0.25) is 0 Å². The van der Waals surface area contributed by atoms with Crippen LogP contribution in [0.4, 0.5) is 5.69 Å². The van der Waals surface area contributed by atoms with Crippen LogP contribution in [0.25, 0.3) is 0 Å². The molecule has 1 aromatic heterocycles. The molecule has 1 aliphatic heterocycles. The van der Waals surface area contributed by atoms with Gasteiger partial charge in [0.2, 0.25) is 0 Å². The lowest BCUT2D eigenvalue weighted by atomic mass is 10.1. The molecule has 1 fully saturated rings. The van der Waals surface area contributed by atoms with E-state index in [0.717, 1.165) is 16.7 Å². The van der Waals surface area contributed by atoms with E-state index in [4.69, 9.17) is 0 Å². The minimum Gasteiger partial charge on any atom is -0.382 e. The molecule has 4 heteroatoms. The first-order valence-corrected chi connectivity index (χ1v) is 6.94. The van der Waals surface area contributed by atoms with Crippen LogP contribution in [0.5, 0.6) is 0 Å². The Bertz CT molecular complexity index is 337. The summed E-state index contributed by atoms with van der Waals surface area (Å²) in [4.78, 5) is 4.14. The molecule has 2 rings (SSSR count). The second-order valence-corrected chi connectivity index (χ2v) is 6.75. The van der Waals surface area contributed by atoms with Gasteiger partial charge in [0.15, 0.2) is 0 Å². The molecule has 0 amide bonds. The number of thioether (sulfide) groups is 1. The average molecular weight is 287 g/mol. The van der Waals surface area contributed by atoms with Gasteiger partial charge in [-0.05, 0) is 47.5 Å². The summed E-state index contributed by atoms with van der Waals surface area (Å²) >= 11 is 5.49. The molecule has 1 unspecified atom stereocenters. The topological polar surface area (TPSA) is 24.9 Å². The van der Waals surface area contributed by atoms with Gasteiger partial charge in [-0.3, -0.25) is 4.98 Å². The van der Waals surface area contributed by atoms with Crippen molar-refractivity contribution in [2.24, 2.45) is 0 Å². The lowest BCUT2D eigenvalue weighted by Gasteiger charge is -2.23. The Hall–Kier alpha value is -0.220. The highest BCUT2D eigenvalue weighted by Gasteiger charge is 2.28. The third-order valence-corrected chi connectivity index (χ3v) is 4.64. The molecule has 15 heavy (non-hydrogen) atoms. The molecule has 0 saturated carbocycles. The second kappa shape index (κ2) is 4.74. The minimum atomic E-state index is 0.405. The molecule has 2 heterocycles. The largest absolute Gasteiger partial charge is 0.382 e. The van der Waals surface area contributed by atoms with Crippen LogP contribution in [-0.2, 0) is 0 Å². The molecule has 1 aromatic rings. The van der Waals surface area contributed by atoms with Gasteiger partial charge < -0.3 is 5.32 Å². The molecule has 1 atom stereocenters. The van der Waals surface area contributed by atoms with Crippen molar-refractivity contribution < 1.29 is 0 Å². The number of rotatable bonds is 3. The van der Waals surface area contributed by atoms with Crippen molar-refractivity contribution in [1.29, 1.82) is 0 Å². The van der Waals surface area contributed by atoms with Crippen molar-refractivity contribution in [3.63, 3.8) is 0 Å². The van der Waals surface area contributed by atoms with E-state index >= 15 is 0 Å². The monoisotopic (exact) mass is 286 g/mol. The van der Waals surface area contributed by atoms with E-state index in [1.165, 1.54) is 18.6 Å². The fraction of sp³-hybridized carbons (Fsp3) is 0.545. The Balaban J connectivity index is 1.92. The van der Waals surface area contributed by atoms with Gasteiger partial charge in [0.1, 0.15) is 0 Å². The molecule has 1 N–H and O–H groups in total. The Kier molecular flexibility index (Phi) is 3.57. The zero-order valence-electron chi connectivity index (χ0n) is 8.79. The molecular weight excluding hydrogens is 272 g/mol. The molecule has 0 bridgehead atoms. The Labute approximate surface area is 103 Å². The van der Waals surface area contributed by atoms with Crippen LogP contribution in [0.3, 0.4) is 0 Å². The van der Waals surface area contributed by atoms with Crippen LogP contribution in [0, 0.1) is 0 Å². The molecular formula is C11H15BrN2S. The maximum absolute atomic E-state index is 4.14. The van der Waals surface area contributed by atoms with Gasteiger partial charge >= 0.3 is 0 Å². The molecule has 0 aromatic carbocycles. The summed E-state index contributed by atoms with van der Waals surface area (Å²) in [6.45, 7) is 3.36. The van der Waals surface area contributed by atoms with Crippen molar-refractivity contribution in [3.8, 4) is 0 Å². The van der Waals surface area contributed by atoms with E-state index in [0.29, 0.717) is 4.75 Å². The highest BCUT2D eigenvalue weighted by atomic mass is 79.9. The van der Waals surface area contributed by atoms with Gasteiger partial charge in [0.25, 0.3) is 0 Å². The third-order valence-electron chi connectivity index (χ3n) is 2.67. The zero-order chi connectivity index (χ0) is 10.7. The molecule has 1 aliphatic rings. The fourth-order valence-electron chi connectivity index (χ4n) is 1.77. The van der Waals surface area contributed by atoms with E-state index < -0.39 is 0 Å². The quantitative estimate of drug-likeness (QED) is 0.920. The van der Waals surface area contributed by atoms with Crippen LogP contribution >= 0.6 is 27.7 Å². The SMILES string of the molecule is CC1(CNc2cncc(Br)c2)CCCS1. The summed E-state index contributed by atoms with van der Waals surface area (Å²) < 4.78 is 1.43. The average Bonchev–Trinajstić information content (AvgIpc) is 2.63. The molecule has 1 saturated heterocycles. The Morgan fingerprint density at radius 1 is 1.60 bits per heavy atom. The van der Waals surface area contributed by atoms with Gasteiger partial charge in [0.05, 0.1) is 11.9 Å². The van der Waals surface area contributed by atoms with Gasteiger partial charge in [-0.25, -0.2) is 0 Å². The summed E-state index contributed by atoms with van der Waals surface area (Å²) in [5.74, 6) is 1.30. The maximum atomic E-state index is 4.14. The molecule has 0 radical (unpaired) electrons. The first-order valence-electron chi connectivity index (χ1n) is 5.16. The van der Waals surface area contributed by atoms with Gasteiger partial charge in [-0.1, -0.05) is 0 Å². The number of aromatic nitrogens is 1. The predicted octanol–water partition coefficient (Wildman–Crippen LogP) is 3.54. The first-order chi connectivity index (χ1) is 7.18. The van der Waals surface area contributed by atoms with Gasteiger partial charge in [-0.15, -0.1) is 0 Å². The molecule has 2 nitrogen and oxygen atoms in total. The first kappa shape index (κ1) is 11.3. The highest BCUT2D eigenvalue weighted by Crippen LogP contribution is 2.37. The maximum Gasteiger partial charge on any atom is 0.0538 e. The molecule has 82 valence electrons. The zero-order valence-corrected chi connectivity index (χ0v) is 11.2. The van der Waals surface area contributed by atoms with Crippen LogP contribution in [0.15, 0.2) is 22.9 Å². The Morgan fingerprint density at radius 2 is 2.47 bits per heavy atom. The molecule has 0 spiro atoms. The number of anilines is 1. The minimum absolute atomic E-state index is 0.405. The van der Waals surface area contributed by atoms with E-state index in [-0.39, 0.29) is 0 Å². The third kappa shape index (κ3) is 3.11. The number of hydrogen-bond acceptors (Lipinski definition) is 3. The van der Waals surface area contributed by atoms with Crippen LogP contribution < -0.4 is 5.32 Å². The smallest absolute Gasteiger partial charge is 0.0538 e. The summed E-state index contributed by atoms with van der Waals surface area (Å²) in [5, 5.41) is 3.45. The van der Waals surface area contributed by atoms with Gasteiger partial charge in [-0.2, -0.15) is 11.8 Å². The van der Waals surface area contributed by atoms with Crippen LogP contribution in [0.1, 0.15) is 19.8 Å². The normalized spacial score (nSPS) is 25.5. The number of pyridine rings is 1. The van der Waals surface area contributed by atoms with E-state index in [1.807, 2.05) is 6.20 Å². The fourth-order valence-corrected chi connectivity index (χ4v) is 3.38. The number of nitrogens with one attached hydrogen (secondary N) is 1. The number of nitrogens with zero attached hydrogens (tertiary/aromatic N) is 1. The van der Waals surface area contributed by atoms with Gasteiger partial charge in [0, 0.05) is 22.0 Å². The lowest BCUT2D eigenvalue weighted by molar-refractivity contribution is 0.634.